The second-order valence-corrected chi connectivity index (χ2v) is 4.41. The monoisotopic (exact) mass is 249 g/mol. The van der Waals surface area contributed by atoms with Crippen molar-refractivity contribution in [2.24, 2.45) is 0 Å². The summed E-state index contributed by atoms with van der Waals surface area (Å²) in [7, 11) is -4.71. The number of carbonyl (C=O) groups is 1. The van der Waals surface area contributed by atoms with E-state index in [1.807, 2.05) is 0 Å². The third kappa shape index (κ3) is 2.57. The Bertz CT molecular complexity index is 466. The van der Waals surface area contributed by atoms with E-state index in [1.165, 1.54) is 0 Å². The van der Waals surface area contributed by atoms with Crippen LogP contribution in [-0.2, 0) is 4.57 Å². The van der Waals surface area contributed by atoms with Gasteiger partial charge in [0.05, 0.1) is 10.9 Å². The summed E-state index contributed by atoms with van der Waals surface area (Å²) >= 11 is 0. The lowest BCUT2D eigenvalue weighted by atomic mass is 10.2. The number of carboxylic acid groups (broad SMARTS) is 1. The van der Waals surface area contributed by atoms with E-state index in [0.29, 0.717) is 0 Å². The fourth-order valence-corrected chi connectivity index (χ4v) is 1.78. The second kappa shape index (κ2) is 4.20. The molecule has 0 saturated carbocycles. The summed E-state index contributed by atoms with van der Waals surface area (Å²) in [6, 6.07) is 2.50. The summed E-state index contributed by atoms with van der Waals surface area (Å²) in [6.45, 7) is 0. The van der Waals surface area contributed by atoms with E-state index < -0.39 is 29.8 Å². The number of benzene rings is 1. The minimum atomic E-state index is -4.71. The highest BCUT2D eigenvalue weighted by Gasteiger charge is 2.25. The van der Waals surface area contributed by atoms with Gasteiger partial charge in [-0.25, -0.2) is 4.79 Å². The lowest BCUT2D eigenvalue weighted by molar-refractivity contribution is 0.0295. The van der Waals surface area contributed by atoms with Crippen molar-refractivity contribution in [1.82, 2.24) is 0 Å². The molecule has 0 aliphatic rings. The number of aromatic carboxylic acids is 1. The van der Waals surface area contributed by atoms with Crippen molar-refractivity contribution in [3.05, 3.63) is 23.8 Å². The van der Waals surface area contributed by atoms with Crippen LogP contribution < -0.4 is 10.5 Å². The fraction of sp³-hybridized carbons (Fsp3) is 0. The maximum absolute atomic E-state index is 10.9. The zero-order valence-electron chi connectivity index (χ0n) is 7.68. The maximum Gasteiger partial charge on any atom is 0.358 e. The second-order valence-electron chi connectivity index (χ2n) is 2.84. The zero-order valence-corrected chi connectivity index (χ0v) is 8.57. The van der Waals surface area contributed by atoms with Gasteiger partial charge in [0.25, 0.3) is 0 Å². The molecular formula is C7H8NO7P. The standard InChI is InChI=1S/C7H8NO7P/c9-7(10)4-1-2-6(16(13,14)15)5(3-4)8(11)12/h1-3,11-12H,(H,9,10)(H2,13,14,15). The van der Waals surface area contributed by atoms with Gasteiger partial charge in [0.1, 0.15) is 5.69 Å². The van der Waals surface area contributed by atoms with Crippen LogP contribution in [0.25, 0.3) is 0 Å². The molecule has 0 spiro atoms. The van der Waals surface area contributed by atoms with Crippen molar-refractivity contribution in [3.8, 4) is 0 Å². The molecule has 0 unspecified atom stereocenters. The molecule has 0 bridgehead atoms. The van der Waals surface area contributed by atoms with Gasteiger partial charge in [-0.3, -0.25) is 15.0 Å². The van der Waals surface area contributed by atoms with Crippen molar-refractivity contribution in [1.29, 1.82) is 0 Å². The van der Waals surface area contributed by atoms with Gasteiger partial charge in [0, 0.05) is 0 Å². The molecule has 16 heavy (non-hydrogen) atoms. The maximum atomic E-state index is 10.9. The van der Waals surface area contributed by atoms with E-state index in [0.717, 1.165) is 18.2 Å². The van der Waals surface area contributed by atoms with E-state index >= 15 is 0 Å². The summed E-state index contributed by atoms with van der Waals surface area (Å²) in [5, 5.41) is 24.8. The number of hydrogen-bond donors (Lipinski definition) is 5. The Balaban J connectivity index is 3.43. The first kappa shape index (κ1) is 12.6. The molecule has 9 heteroatoms. The molecule has 0 radical (unpaired) electrons. The minimum absolute atomic E-state index is 0.333. The van der Waals surface area contributed by atoms with E-state index in [9.17, 15) is 9.36 Å². The molecule has 0 amide bonds. The van der Waals surface area contributed by atoms with E-state index in [-0.39, 0.29) is 5.56 Å². The Morgan fingerprint density at radius 3 is 2.19 bits per heavy atom. The van der Waals surface area contributed by atoms with Gasteiger partial charge in [0.15, 0.2) is 0 Å². The molecule has 5 N–H and O–H groups in total. The van der Waals surface area contributed by atoms with Gasteiger partial charge >= 0.3 is 13.6 Å². The van der Waals surface area contributed by atoms with Crippen LogP contribution in [0.1, 0.15) is 10.4 Å². The predicted octanol–water partition coefficient (Wildman–Crippen LogP) is -0.227. The third-order valence-corrected chi connectivity index (χ3v) is 2.76. The van der Waals surface area contributed by atoms with Crippen LogP contribution >= 0.6 is 7.60 Å². The normalized spacial score (nSPS) is 11.2. The first-order valence-corrected chi connectivity index (χ1v) is 5.46. The molecule has 1 aromatic rings. The van der Waals surface area contributed by atoms with Gasteiger partial charge < -0.3 is 14.9 Å². The first-order valence-electron chi connectivity index (χ1n) is 3.85. The average Bonchev–Trinajstić information content (AvgIpc) is 2.15. The highest BCUT2D eigenvalue weighted by atomic mass is 31.2. The lowest BCUT2D eigenvalue weighted by Crippen LogP contribution is -2.21. The molecule has 0 saturated heterocycles. The molecule has 0 atom stereocenters. The number of hydrogen-bond acceptors (Lipinski definition) is 5. The first-order chi connectivity index (χ1) is 7.23. The highest BCUT2D eigenvalue weighted by molar-refractivity contribution is 7.60. The Morgan fingerprint density at radius 2 is 1.81 bits per heavy atom. The average molecular weight is 249 g/mol. The summed E-state index contributed by atoms with van der Waals surface area (Å²) in [5.74, 6) is -1.36. The van der Waals surface area contributed by atoms with Crippen molar-refractivity contribution >= 4 is 24.6 Å². The summed E-state index contributed by atoms with van der Waals surface area (Å²) in [5.41, 5.74) is -1.02. The molecule has 1 aromatic carbocycles. The zero-order chi connectivity index (χ0) is 12.5. The predicted molar refractivity (Wildman–Crippen MR) is 51.1 cm³/mol. The van der Waals surface area contributed by atoms with Crippen molar-refractivity contribution < 1.29 is 34.7 Å². The number of nitrogens with zero attached hydrogens (tertiary/aromatic N) is 1. The van der Waals surface area contributed by atoms with Crippen LogP contribution in [0.4, 0.5) is 5.69 Å². The van der Waals surface area contributed by atoms with Gasteiger partial charge in [-0.2, -0.15) is 0 Å². The van der Waals surface area contributed by atoms with Crippen LogP contribution in [-0.4, -0.2) is 31.3 Å². The minimum Gasteiger partial charge on any atom is -0.478 e. The Hall–Kier alpha value is -1.44. The molecule has 0 heterocycles. The molecular weight excluding hydrogens is 241 g/mol. The quantitative estimate of drug-likeness (QED) is 0.365. The fourth-order valence-electron chi connectivity index (χ4n) is 1.06. The van der Waals surface area contributed by atoms with Crippen LogP contribution in [0, 0.1) is 0 Å². The highest BCUT2D eigenvalue weighted by Crippen LogP contribution is 2.37. The number of anilines is 1. The summed E-state index contributed by atoms with van der Waals surface area (Å²) < 4.78 is 10.9. The van der Waals surface area contributed by atoms with Crippen molar-refractivity contribution in [2.75, 3.05) is 5.23 Å². The van der Waals surface area contributed by atoms with Crippen molar-refractivity contribution in [3.63, 3.8) is 0 Å². The Morgan fingerprint density at radius 1 is 1.25 bits per heavy atom. The summed E-state index contributed by atoms with van der Waals surface area (Å²) in [4.78, 5) is 28.3. The number of carboxylic acids is 1. The largest absolute Gasteiger partial charge is 0.478 e. The SMILES string of the molecule is O=C(O)c1ccc(P(=O)(O)O)c(N(O)O)c1. The molecule has 0 aliphatic heterocycles. The van der Waals surface area contributed by atoms with Crippen LogP contribution in [0.5, 0.6) is 0 Å². The Labute approximate surface area is 89.1 Å². The molecule has 0 fully saturated rings. The lowest BCUT2D eigenvalue weighted by Gasteiger charge is -2.14. The van der Waals surface area contributed by atoms with E-state index in [2.05, 4.69) is 0 Å². The molecule has 0 aliphatic carbocycles. The van der Waals surface area contributed by atoms with Gasteiger partial charge in [0.2, 0.25) is 0 Å². The Kier molecular flexibility index (Phi) is 3.32. The number of rotatable bonds is 3. The van der Waals surface area contributed by atoms with Crippen LogP contribution in [0.3, 0.4) is 0 Å². The van der Waals surface area contributed by atoms with E-state index in [1.54, 1.807) is 0 Å². The molecule has 0 aromatic heterocycles. The van der Waals surface area contributed by atoms with Gasteiger partial charge in [-0.05, 0) is 18.2 Å². The van der Waals surface area contributed by atoms with Crippen molar-refractivity contribution in [2.45, 2.75) is 0 Å². The van der Waals surface area contributed by atoms with Crippen LogP contribution in [0.15, 0.2) is 18.2 Å². The molecule has 8 nitrogen and oxygen atoms in total. The smallest absolute Gasteiger partial charge is 0.358 e. The topological polar surface area (TPSA) is 139 Å². The molecule has 88 valence electrons. The third-order valence-electron chi connectivity index (χ3n) is 1.75. The van der Waals surface area contributed by atoms with Crippen LogP contribution in [0.2, 0.25) is 0 Å². The molecule has 1 rings (SSSR count). The van der Waals surface area contributed by atoms with Gasteiger partial charge in [-0.15, -0.1) is 5.23 Å². The van der Waals surface area contributed by atoms with E-state index in [4.69, 9.17) is 25.3 Å². The summed E-state index contributed by atoms with van der Waals surface area (Å²) in [6.07, 6.45) is 0. The van der Waals surface area contributed by atoms with Gasteiger partial charge in [-0.1, -0.05) is 0 Å².